The van der Waals surface area contributed by atoms with Crippen molar-refractivity contribution < 1.29 is 13.9 Å². The number of hydrogen-bond acceptors (Lipinski definition) is 3. The molecule has 0 aliphatic rings. The van der Waals surface area contributed by atoms with Gasteiger partial charge in [0.15, 0.2) is 0 Å². The Balaban J connectivity index is 1.83. The lowest BCUT2D eigenvalue weighted by molar-refractivity contribution is 0.414. The topological polar surface area (TPSA) is 36.3 Å². The third-order valence-corrected chi connectivity index (χ3v) is 5.20. The highest BCUT2D eigenvalue weighted by molar-refractivity contribution is 6.35. The molecule has 0 unspecified atom stereocenters. The number of ether oxygens (including phenoxy) is 2. The summed E-state index contributed by atoms with van der Waals surface area (Å²) in [5.74, 6) is 1.22. The Hall–Kier alpha value is -3.31. The minimum Gasteiger partial charge on any atom is -0.497 e. The first-order valence-electron chi connectivity index (χ1n) is 9.38. The molecule has 0 saturated carbocycles. The maximum absolute atomic E-state index is 13.7. The van der Waals surface area contributed by atoms with Gasteiger partial charge >= 0.3 is 0 Å². The normalized spacial score (nSPS) is 10.8. The molecular weight excluding hydrogens is 403 g/mol. The van der Waals surface area contributed by atoms with E-state index < -0.39 is 0 Å². The summed E-state index contributed by atoms with van der Waals surface area (Å²) >= 11 is 6.82. The van der Waals surface area contributed by atoms with E-state index in [1.165, 1.54) is 12.1 Å². The first-order chi connectivity index (χ1) is 14.6. The number of nitrogens with zero attached hydrogens (tertiary/aromatic N) is 2. The van der Waals surface area contributed by atoms with Gasteiger partial charge in [-0.1, -0.05) is 23.7 Å². The summed E-state index contributed by atoms with van der Waals surface area (Å²) in [6, 6.07) is 21.6. The van der Waals surface area contributed by atoms with E-state index in [2.05, 4.69) is 0 Å². The van der Waals surface area contributed by atoms with Crippen LogP contribution in [0.25, 0.3) is 22.5 Å². The van der Waals surface area contributed by atoms with Gasteiger partial charge in [-0.3, -0.25) is 4.68 Å². The zero-order chi connectivity index (χ0) is 21.1. The molecule has 1 heterocycles. The number of halogens is 2. The van der Waals surface area contributed by atoms with Gasteiger partial charge in [0.2, 0.25) is 0 Å². The van der Waals surface area contributed by atoms with Gasteiger partial charge < -0.3 is 9.47 Å². The molecule has 4 aromatic rings. The van der Waals surface area contributed by atoms with E-state index in [0.717, 1.165) is 33.9 Å². The predicted octanol–water partition coefficient (Wildman–Crippen LogP) is 6.08. The molecule has 0 radical (unpaired) electrons. The van der Waals surface area contributed by atoms with Crippen molar-refractivity contribution in [2.45, 2.75) is 6.54 Å². The quantitative estimate of drug-likeness (QED) is 0.378. The van der Waals surface area contributed by atoms with Crippen LogP contribution in [0, 0.1) is 5.82 Å². The molecule has 3 aromatic carbocycles. The van der Waals surface area contributed by atoms with Crippen LogP contribution < -0.4 is 9.47 Å². The molecule has 1 aromatic heterocycles. The molecule has 0 fully saturated rings. The molecule has 30 heavy (non-hydrogen) atoms. The van der Waals surface area contributed by atoms with Crippen molar-refractivity contribution >= 4 is 11.6 Å². The van der Waals surface area contributed by atoms with Crippen LogP contribution in [0.2, 0.25) is 5.02 Å². The molecule has 0 amide bonds. The van der Waals surface area contributed by atoms with E-state index in [-0.39, 0.29) is 5.82 Å². The fraction of sp³-hybridized carbons (Fsp3) is 0.125. The van der Waals surface area contributed by atoms with Crippen molar-refractivity contribution in [3.05, 3.63) is 89.2 Å². The number of hydrogen-bond donors (Lipinski definition) is 0. The van der Waals surface area contributed by atoms with E-state index in [4.69, 9.17) is 26.2 Å². The minimum absolute atomic E-state index is 0.285. The van der Waals surface area contributed by atoms with Crippen molar-refractivity contribution in [1.82, 2.24) is 9.78 Å². The lowest BCUT2D eigenvalue weighted by atomic mass is 10.1. The lowest BCUT2D eigenvalue weighted by Crippen LogP contribution is -2.04. The Morgan fingerprint density at radius 2 is 1.47 bits per heavy atom. The van der Waals surface area contributed by atoms with E-state index in [1.807, 2.05) is 54.6 Å². The standard InChI is InChI=1S/C24H20ClFN2O2/c1-29-20-10-6-17(7-11-20)23-22(25)24(18-8-12-21(30-2)13-9-18)28(27-23)15-16-4-3-5-19(26)14-16/h3-14H,15H2,1-2H3. The monoisotopic (exact) mass is 422 g/mol. The highest BCUT2D eigenvalue weighted by Gasteiger charge is 2.20. The Labute approximate surface area is 179 Å². The molecule has 6 heteroatoms. The van der Waals surface area contributed by atoms with Gasteiger partial charge in [0.25, 0.3) is 0 Å². The van der Waals surface area contributed by atoms with Crippen LogP contribution in [0.1, 0.15) is 5.56 Å². The van der Waals surface area contributed by atoms with Crippen LogP contribution in [0.3, 0.4) is 0 Å². The SMILES string of the molecule is COc1ccc(-c2nn(Cc3cccc(F)c3)c(-c3ccc(OC)cc3)c2Cl)cc1. The van der Waals surface area contributed by atoms with Gasteiger partial charge in [-0.25, -0.2) is 4.39 Å². The van der Waals surface area contributed by atoms with Crippen LogP contribution in [0.15, 0.2) is 72.8 Å². The molecule has 0 N–H and O–H groups in total. The van der Waals surface area contributed by atoms with Crippen LogP contribution in [0.4, 0.5) is 4.39 Å². The molecule has 0 aliphatic heterocycles. The molecular formula is C24H20ClFN2O2. The molecule has 0 bridgehead atoms. The molecule has 0 aliphatic carbocycles. The van der Waals surface area contributed by atoms with E-state index >= 15 is 0 Å². The van der Waals surface area contributed by atoms with Crippen LogP contribution >= 0.6 is 11.6 Å². The van der Waals surface area contributed by atoms with E-state index in [1.54, 1.807) is 25.0 Å². The maximum Gasteiger partial charge on any atom is 0.123 e. The number of aromatic nitrogens is 2. The van der Waals surface area contributed by atoms with Gasteiger partial charge in [-0.05, 0) is 66.2 Å². The Kier molecular flexibility index (Phi) is 5.72. The number of methoxy groups -OCH3 is 2. The second kappa shape index (κ2) is 8.59. The number of benzene rings is 3. The fourth-order valence-electron chi connectivity index (χ4n) is 3.32. The van der Waals surface area contributed by atoms with Gasteiger partial charge in [0.1, 0.15) is 23.0 Å². The average molecular weight is 423 g/mol. The smallest absolute Gasteiger partial charge is 0.123 e. The fourth-order valence-corrected chi connectivity index (χ4v) is 3.67. The lowest BCUT2D eigenvalue weighted by Gasteiger charge is -2.09. The Morgan fingerprint density at radius 1 is 0.867 bits per heavy atom. The largest absolute Gasteiger partial charge is 0.497 e. The van der Waals surface area contributed by atoms with Gasteiger partial charge in [0, 0.05) is 11.1 Å². The zero-order valence-electron chi connectivity index (χ0n) is 16.6. The second-order valence-corrected chi connectivity index (χ2v) is 7.13. The zero-order valence-corrected chi connectivity index (χ0v) is 17.4. The first-order valence-corrected chi connectivity index (χ1v) is 9.76. The molecule has 152 valence electrons. The van der Waals surface area contributed by atoms with Crippen molar-refractivity contribution in [2.75, 3.05) is 14.2 Å². The van der Waals surface area contributed by atoms with Gasteiger partial charge in [-0.2, -0.15) is 5.10 Å². The molecule has 4 rings (SSSR count). The Bertz CT molecular complexity index is 1160. The highest BCUT2D eigenvalue weighted by atomic mass is 35.5. The summed E-state index contributed by atoms with van der Waals surface area (Å²) < 4.78 is 26.0. The van der Waals surface area contributed by atoms with Crippen molar-refractivity contribution in [3.8, 4) is 34.0 Å². The van der Waals surface area contributed by atoms with Gasteiger partial charge in [-0.15, -0.1) is 0 Å². The Morgan fingerprint density at radius 3 is 2.03 bits per heavy atom. The van der Waals surface area contributed by atoms with Crippen LogP contribution in [-0.4, -0.2) is 24.0 Å². The third kappa shape index (κ3) is 4.02. The van der Waals surface area contributed by atoms with E-state index in [0.29, 0.717) is 17.3 Å². The van der Waals surface area contributed by atoms with Crippen LogP contribution in [-0.2, 0) is 6.54 Å². The predicted molar refractivity (Wildman–Crippen MR) is 117 cm³/mol. The van der Waals surface area contributed by atoms with E-state index in [9.17, 15) is 4.39 Å². The molecule has 0 spiro atoms. The molecule has 4 nitrogen and oxygen atoms in total. The summed E-state index contributed by atoms with van der Waals surface area (Å²) in [5.41, 5.74) is 3.97. The summed E-state index contributed by atoms with van der Waals surface area (Å²) in [5, 5.41) is 5.30. The van der Waals surface area contributed by atoms with Crippen molar-refractivity contribution in [1.29, 1.82) is 0 Å². The number of rotatable bonds is 6. The second-order valence-electron chi connectivity index (χ2n) is 6.76. The molecule has 0 saturated heterocycles. The summed E-state index contributed by atoms with van der Waals surface area (Å²) in [6.07, 6.45) is 0. The third-order valence-electron chi connectivity index (χ3n) is 4.84. The molecule has 0 atom stereocenters. The van der Waals surface area contributed by atoms with Crippen LogP contribution in [0.5, 0.6) is 11.5 Å². The van der Waals surface area contributed by atoms with Crippen molar-refractivity contribution in [2.24, 2.45) is 0 Å². The summed E-state index contributed by atoms with van der Waals surface area (Å²) in [4.78, 5) is 0. The average Bonchev–Trinajstić information content (AvgIpc) is 3.09. The van der Waals surface area contributed by atoms with Gasteiger partial charge in [0.05, 0.1) is 31.5 Å². The first kappa shape index (κ1) is 20.0. The summed E-state index contributed by atoms with van der Waals surface area (Å²) in [7, 11) is 3.25. The highest BCUT2D eigenvalue weighted by Crippen LogP contribution is 2.37. The van der Waals surface area contributed by atoms with Crippen molar-refractivity contribution in [3.63, 3.8) is 0 Å². The maximum atomic E-state index is 13.7. The summed E-state index contributed by atoms with van der Waals surface area (Å²) in [6.45, 7) is 0.384. The minimum atomic E-state index is -0.285.